The zero-order valence-corrected chi connectivity index (χ0v) is 17.7. The Bertz CT molecular complexity index is 942. The molecule has 1 saturated carbocycles. The van der Waals surface area contributed by atoms with Crippen molar-refractivity contribution in [3.63, 3.8) is 0 Å². The number of aromatic nitrogens is 2. The summed E-state index contributed by atoms with van der Waals surface area (Å²) in [6.45, 7) is 0. The van der Waals surface area contributed by atoms with E-state index in [1.807, 2.05) is 24.3 Å². The van der Waals surface area contributed by atoms with E-state index in [0.29, 0.717) is 18.7 Å². The van der Waals surface area contributed by atoms with Crippen LogP contribution >= 0.6 is 27.7 Å². The summed E-state index contributed by atoms with van der Waals surface area (Å²) in [7, 11) is 0. The van der Waals surface area contributed by atoms with Gasteiger partial charge in [-0.2, -0.15) is 5.01 Å². The van der Waals surface area contributed by atoms with Crippen LogP contribution in [0.3, 0.4) is 0 Å². The van der Waals surface area contributed by atoms with Crippen LogP contribution in [0.2, 0.25) is 0 Å². The summed E-state index contributed by atoms with van der Waals surface area (Å²) in [5, 5.41) is 11.6. The van der Waals surface area contributed by atoms with Crippen molar-refractivity contribution in [3.05, 3.63) is 28.7 Å². The number of halogens is 1. The molecule has 0 radical (unpaired) electrons. The molecule has 0 bridgehead atoms. The fourth-order valence-corrected chi connectivity index (χ4v) is 4.30. The van der Waals surface area contributed by atoms with Gasteiger partial charge in [-0.1, -0.05) is 47.0 Å². The average Bonchev–Trinajstić information content (AvgIpc) is 3.27. The molecule has 4 rings (SSSR count). The Kier molecular flexibility index (Phi) is 5.59. The Balaban J connectivity index is 1.33. The fourth-order valence-electron chi connectivity index (χ4n) is 3.48. The summed E-state index contributed by atoms with van der Waals surface area (Å²) < 4.78 is 6.48. The number of hydrazine groups is 1. The van der Waals surface area contributed by atoms with Gasteiger partial charge in [0.05, 0.1) is 5.75 Å². The summed E-state index contributed by atoms with van der Waals surface area (Å²) >= 11 is 4.39. The maximum Gasteiger partial charge on any atom is 0.344 e. The van der Waals surface area contributed by atoms with Crippen LogP contribution in [-0.4, -0.2) is 44.3 Å². The van der Waals surface area contributed by atoms with Crippen LogP contribution in [0.5, 0.6) is 0 Å². The zero-order chi connectivity index (χ0) is 20.4. The third-order valence-corrected chi connectivity index (χ3v) is 6.28. The smallest absolute Gasteiger partial charge is 0.344 e. The van der Waals surface area contributed by atoms with Crippen LogP contribution in [0.1, 0.15) is 32.1 Å². The molecule has 152 valence electrons. The zero-order valence-electron chi connectivity index (χ0n) is 15.3. The highest BCUT2D eigenvalue weighted by atomic mass is 79.9. The van der Waals surface area contributed by atoms with Crippen LogP contribution in [0, 0.1) is 0 Å². The maximum atomic E-state index is 12.7. The number of rotatable bonds is 5. The van der Waals surface area contributed by atoms with E-state index in [1.54, 1.807) is 0 Å². The molecule has 9 nitrogen and oxygen atoms in total. The van der Waals surface area contributed by atoms with Gasteiger partial charge in [0.2, 0.25) is 11.8 Å². The van der Waals surface area contributed by atoms with Gasteiger partial charge in [0.25, 0.3) is 11.1 Å². The van der Waals surface area contributed by atoms with Crippen molar-refractivity contribution in [2.45, 2.75) is 42.9 Å². The average molecular weight is 480 g/mol. The highest BCUT2D eigenvalue weighted by Gasteiger charge is 2.52. The van der Waals surface area contributed by atoms with Crippen LogP contribution in [-0.2, 0) is 9.59 Å². The number of nitrogens with zero attached hydrogens (tertiary/aromatic N) is 3. The molecule has 1 saturated heterocycles. The highest BCUT2D eigenvalue weighted by molar-refractivity contribution is 9.10. The normalized spacial score (nSPS) is 18.2. The molecule has 4 amide bonds. The molecule has 0 unspecified atom stereocenters. The van der Waals surface area contributed by atoms with Gasteiger partial charge in [0.15, 0.2) is 0 Å². The minimum Gasteiger partial charge on any atom is -0.411 e. The Morgan fingerprint density at radius 2 is 1.93 bits per heavy atom. The summed E-state index contributed by atoms with van der Waals surface area (Å²) in [5.74, 6) is -0.633. The van der Waals surface area contributed by atoms with E-state index in [1.165, 1.54) is 0 Å². The summed E-state index contributed by atoms with van der Waals surface area (Å²) in [4.78, 5) is 37.1. The lowest BCUT2D eigenvalue weighted by molar-refractivity contribution is -0.139. The van der Waals surface area contributed by atoms with Crippen molar-refractivity contribution < 1.29 is 18.8 Å². The molecule has 0 atom stereocenters. The topological polar surface area (TPSA) is 117 Å². The molecule has 2 fully saturated rings. The van der Waals surface area contributed by atoms with E-state index in [0.717, 1.165) is 46.1 Å². The highest BCUT2D eigenvalue weighted by Crippen LogP contribution is 2.33. The monoisotopic (exact) mass is 479 g/mol. The third-order valence-electron chi connectivity index (χ3n) is 4.93. The van der Waals surface area contributed by atoms with Gasteiger partial charge >= 0.3 is 6.03 Å². The molecular formula is C18H18BrN5O4S. The van der Waals surface area contributed by atoms with Gasteiger partial charge in [-0.25, -0.2) is 4.79 Å². The Morgan fingerprint density at radius 3 is 2.66 bits per heavy atom. The molecule has 1 aliphatic carbocycles. The Hall–Kier alpha value is -2.40. The van der Waals surface area contributed by atoms with E-state index in [4.69, 9.17) is 4.42 Å². The Labute approximate surface area is 179 Å². The lowest BCUT2D eigenvalue weighted by atomic mass is 9.82. The number of benzene rings is 1. The second-order valence-corrected chi connectivity index (χ2v) is 8.76. The van der Waals surface area contributed by atoms with Crippen molar-refractivity contribution in [1.82, 2.24) is 25.9 Å². The number of amides is 4. The van der Waals surface area contributed by atoms with Crippen LogP contribution in [0.15, 0.2) is 38.4 Å². The maximum absolute atomic E-state index is 12.7. The fraction of sp³-hybridized carbons (Fsp3) is 0.389. The van der Waals surface area contributed by atoms with Crippen LogP contribution < -0.4 is 10.7 Å². The second-order valence-electron chi connectivity index (χ2n) is 6.92. The quantitative estimate of drug-likeness (QED) is 0.499. The van der Waals surface area contributed by atoms with E-state index < -0.39 is 23.4 Å². The molecule has 1 aromatic heterocycles. The van der Waals surface area contributed by atoms with Gasteiger partial charge in [-0.3, -0.25) is 15.0 Å². The SMILES string of the molecule is O=C(CSc1nnc(-c2ccc(Br)cc2)o1)NN1C(=O)NC2(CCCCC2)C1=O. The van der Waals surface area contributed by atoms with Crippen molar-refractivity contribution in [2.24, 2.45) is 0 Å². The first-order chi connectivity index (χ1) is 14.0. The molecule has 1 aromatic carbocycles. The predicted octanol–water partition coefficient (Wildman–Crippen LogP) is 2.88. The lowest BCUT2D eigenvalue weighted by Gasteiger charge is -2.30. The third kappa shape index (κ3) is 4.15. The van der Waals surface area contributed by atoms with E-state index in [2.05, 4.69) is 36.9 Å². The molecule has 2 N–H and O–H groups in total. The van der Waals surface area contributed by atoms with E-state index >= 15 is 0 Å². The van der Waals surface area contributed by atoms with Crippen molar-refractivity contribution >= 4 is 45.5 Å². The minimum absolute atomic E-state index is 0.0774. The van der Waals surface area contributed by atoms with Crippen LogP contribution in [0.4, 0.5) is 4.79 Å². The number of carbonyl (C=O) groups is 3. The first-order valence-electron chi connectivity index (χ1n) is 9.15. The number of hydrogen-bond acceptors (Lipinski definition) is 7. The van der Waals surface area contributed by atoms with Gasteiger partial charge in [0, 0.05) is 10.0 Å². The number of carbonyl (C=O) groups excluding carboxylic acids is 3. The number of nitrogens with one attached hydrogen (secondary N) is 2. The van der Waals surface area contributed by atoms with Gasteiger partial charge in [0.1, 0.15) is 5.54 Å². The van der Waals surface area contributed by atoms with Gasteiger partial charge in [-0.05, 0) is 37.1 Å². The number of thioether (sulfide) groups is 1. The molecular weight excluding hydrogens is 462 g/mol. The van der Waals surface area contributed by atoms with Gasteiger partial charge < -0.3 is 9.73 Å². The van der Waals surface area contributed by atoms with Crippen molar-refractivity contribution in [1.29, 1.82) is 0 Å². The molecule has 11 heteroatoms. The molecule has 1 spiro atoms. The predicted molar refractivity (Wildman–Crippen MR) is 107 cm³/mol. The van der Waals surface area contributed by atoms with E-state index in [-0.39, 0.29) is 11.0 Å². The molecule has 2 aromatic rings. The first kappa shape index (κ1) is 19.9. The number of imide groups is 1. The summed E-state index contributed by atoms with van der Waals surface area (Å²) in [5.41, 5.74) is 2.27. The minimum atomic E-state index is -0.873. The number of urea groups is 1. The van der Waals surface area contributed by atoms with Crippen molar-refractivity contribution in [3.8, 4) is 11.5 Å². The molecule has 1 aliphatic heterocycles. The first-order valence-corrected chi connectivity index (χ1v) is 10.9. The molecule has 2 heterocycles. The second kappa shape index (κ2) is 8.15. The lowest BCUT2D eigenvalue weighted by Crippen LogP contribution is -2.51. The molecule has 29 heavy (non-hydrogen) atoms. The van der Waals surface area contributed by atoms with Gasteiger partial charge in [-0.15, -0.1) is 10.2 Å². The van der Waals surface area contributed by atoms with Crippen molar-refractivity contribution in [2.75, 3.05) is 5.75 Å². The molecule has 2 aliphatic rings. The largest absolute Gasteiger partial charge is 0.411 e. The summed E-state index contributed by atoms with van der Waals surface area (Å²) in [6.07, 6.45) is 3.99. The standard InChI is InChI=1S/C18H18BrN5O4S/c19-12-6-4-11(5-7-12)14-21-22-17(28-14)29-10-13(25)23-24-15(26)18(20-16(24)27)8-2-1-3-9-18/h4-7H,1-3,8-10H2,(H,20,27)(H,23,25). The Morgan fingerprint density at radius 1 is 1.21 bits per heavy atom. The number of hydrogen-bond donors (Lipinski definition) is 2. The van der Waals surface area contributed by atoms with Crippen LogP contribution in [0.25, 0.3) is 11.5 Å². The summed E-state index contributed by atoms with van der Waals surface area (Å²) in [6, 6.07) is 6.79. The van der Waals surface area contributed by atoms with E-state index in [9.17, 15) is 14.4 Å².